The van der Waals surface area contributed by atoms with Crippen LogP contribution in [0.15, 0.2) is 0 Å². The highest BCUT2D eigenvalue weighted by atomic mass is 28.4. The van der Waals surface area contributed by atoms with E-state index in [1.807, 2.05) is 34.6 Å². The van der Waals surface area contributed by atoms with Crippen LogP contribution in [0.3, 0.4) is 0 Å². The Kier molecular flexibility index (Phi) is 7.14. The van der Waals surface area contributed by atoms with E-state index in [1.165, 1.54) is 0 Å². The van der Waals surface area contributed by atoms with E-state index in [0.29, 0.717) is 6.61 Å². The Labute approximate surface area is 160 Å². The normalized spacial score (nSPS) is 25.2. The maximum absolute atomic E-state index is 12.1. The number of nitrogens with two attached hydrogens (primary N) is 1. The molecule has 0 amide bonds. The maximum Gasteiger partial charge on any atom is 0.307 e. The van der Waals surface area contributed by atoms with E-state index >= 15 is 0 Å². The van der Waals surface area contributed by atoms with Gasteiger partial charge in [-0.25, -0.2) is 0 Å². The first kappa shape index (κ1) is 23.6. The van der Waals surface area contributed by atoms with Gasteiger partial charge in [0.05, 0.1) is 13.0 Å². The van der Waals surface area contributed by atoms with Gasteiger partial charge in [-0.3, -0.25) is 4.79 Å². The Bertz CT molecular complexity index is 493. The highest BCUT2D eigenvalue weighted by Crippen LogP contribution is 2.38. The van der Waals surface area contributed by atoms with Crippen molar-refractivity contribution >= 4 is 14.3 Å². The molecular formula is C19H39NO5Si. The molecular weight excluding hydrogens is 350 g/mol. The van der Waals surface area contributed by atoms with E-state index in [1.54, 1.807) is 0 Å². The Balaban J connectivity index is 2.76. The summed E-state index contributed by atoms with van der Waals surface area (Å²) < 4.78 is 23.7. The fourth-order valence-electron chi connectivity index (χ4n) is 2.55. The predicted octanol–water partition coefficient (Wildman–Crippen LogP) is 3.59. The zero-order valence-electron chi connectivity index (χ0n) is 18.3. The number of carbonyl (C=O) groups excluding carboxylic acids is 1. The average molecular weight is 390 g/mol. The van der Waals surface area contributed by atoms with E-state index in [9.17, 15) is 4.79 Å². The van der Waals surface area contributed by atoms with Gasteiger partial charge in [0.1, 0.15) is 17.8 Å². The summed E-state index contributed by atoms with van der Waals surface area (Å²) in [6, 6.07) is -0.514. The summed E-state index contributed by atoms with van der Waals surface area (Å²) in [7, 11) is -1.91. The van der Waals surface area contributed by atoms with Crippen molar-refractivity contribution in [2.75, 3.05) is 6.61 Å². The second kappa shape index (κ2) is 7.87. The quantitative estimate of drug-likeness (QED) is 0.552. The lowest BCUT2D eigenvalue weighted by Gasteiger charge is -2.37. The van der Waals surface area contributed by atoms with Gasteiger partial charge < -0.3 is 24.4 Å². The molecule has 1 heterocycles. The van der Waals surface area contributed by atoms with Crippen LogP contribution in [-0.4, -0.2) is 50.5 Å². The van der Waals surface area contributed by atoms with Crippen LogP contribution in [0, 0.1) is 0 Å². The number of hydrogen-bond acceptors (Lipinski definition) is 6. The first-order valence-corrected chi connectivity index (χ1v) is 12.3. The molecule has 1 aliphatic heterocycles. The number of esters is 1. The van der Waals surface area contributed by atoms with Crippen molar-refractivity contribution in [3.63, 3.8) is 0 Å². The average Bonchev–Trinajstić information content (AvgIpc) is 2.68. The third kappa shape index (κ3) is 6.92. The van der Waals surface area contributed by atoms with Gasteiger partial charge in [0.25, 0.3) is 0 Å². The molecule has 0 radical (unpaired) electrons. The van der Waals surface area contributed by atoms with Crippen LogP contribution in [0.1, 0.15) is 61.8 Å². The number of rotatable bonds is 6. The van der Waals surface area contributed by atoms with Crippen molar-refractivity contribution in [1.82, 2.24) is 0 Å². The lowest BCUT2D eigenvalue weighted by molar-refractivity contribution is -0.159. The Morgan fingerprint density at radius 1 is 1.15 bits per heavy atom. The lowest BCUT2D eigenvalue weighted by Crippen LogP contribution is -2.48. The van der Waals surface area contributed by atoms with Gasteiger partial charge in [-0.15, -0.1) is 0 Å². The molecule has 2 N–H and O–H groups in total. The molecule has 1 rings (SSSR count). The van der Waals surface area contributed by atoms with Crippen molar-refractivity contribution in [2.45, 2.75) is 110 Å². The van der Waals surface area contributed by atoms with E-state index in [-0.39, 0.29) is 23.5 Å². The highest BCUT2D eigenvalue weighted by Gasteiger charge is 2.46. The van der Waals surface area contributed by atoms with E-state index in [4.69, 9.17) is 24.4 Å². The molecule has 0 bridgehead atoms. The molecule has 1 fully saturated rings. The molecule has 154 valence electrons. The minimum absolute atomic E-state index is 0.0813. The molecule has 0 aliphatic carbocycles. The smallest absolute Gasteiger partial charge is 0.307 e. The number of carbonyl (C=O) groups is 1. The summed E-state index contributed by atoms with van der Waals surface area (Å²) in [4.78, 5) is 12.1. The summed E-state index contributed by atoms with van der Waals surface area (Å²) in [5.74, 6) is -1.08. The molecule has 6 nitrogen and oxygen atoms in total. The highest BCUT2D eigenvalue weighted by molar-refractivity contribution is 6.74. The molecule has 7 heteroatoms. The van der Waals surface area contributed by atoms with Crippen LogP contribution < -0.4 is 5.73 Å². The van der Waals surface area contributed by atoms with Crippen LogP contribution in [0.4, 0.5) is 0 Å². The molecule has 26 heavy (non-hydrogen) atoms. The minimum Gasteiger partial charge on any atom is -0.460 e. The summed E-state index contributed by atoms with van der Waals surface area (Å²) >= 11 is 0. The Morgan fingerprint density at radius 3 is 2.15 bits per heavy atom. The van der Waals surface area contributed by atoms with Gasteiger partial charge in [-0.1, -0.05) is 20.8 Å². The van der Waals surface area contributed by atoms with Crippen molar-refractivity contribution in [1.29, 1.82) is 0 Å². The van der Waals surface area contributed by atoms with Crippen molar-refractivity contribution in [2.24, 2.45) is 5.73 Å². The van der Waals surface area contributed by atoms with Gasteiger partial charge in [-0.2, -0.15) is 0 Å². The SMILES string of the molecule is CC(C)(C)OC(=O)C[C@@H](N)[C@@H]1OC(C)(C)O[C@H]1CO[Si](C)(C)C(C)(C)C. The van der Waals surface area contributed by atoms with Crippen molar-refractivity contribution in [3.05, 3.63) is 0 Å². The summed E-state index contributed by atoms with van der Waals surface area (Å²) in [6.45, 7) is 20.6. The molecule has 0 aromatic carbocycles. The first-order valence-electron chi connectivity index (χ1n) is 9.40. The van der Waals surface area contributed by atoms with Crippen LogP contribution in [0.25, 0.3) is 0 Å². The first-order chi connectivity index (χ1) is 11.4. The molecule has 0 aromatic rings. The van der Waals surface area contributed by atoms with Crippen LogP contribution in [-0.2, 0) is 23.4 Å². The fraction of sp³-hybridized carbons (Fsp3) is 0.947. The van der Waals surface area contributed by atoms with Gasteiger partial charge in [0.2, 0.25) is 0 Å². The summed E-state index contributed by atoms with van der Waals surface area (Å²) in [5, 5.41) is 0.107. The number of hydrogen-bond donors (Lipinski definition) is 1. The fourth-order valence-corrected chi connectivity index (χ4v) is 3.57. The third-order valence-corrected chi connectivity index (χ3v) is 9.38. The standard InChI is InChI=1S/C19H39NO5Si/c1-17(2,3)24-15(21)11-13(20)16-14(23-19(7,8)25-16)12-22-26(9,10)18(4,5)6/h13-14,16H,11-12,20H2,1-10H3/t13-,14+,16+/m1/s1. The van der Waals surface area contributed by atoms with E-state index in [2.05, 4.69) is 33.9 Å². The van der Waals surface area contributed by atoms with Gasteiger partial charge in [0, 0.05) is 6.04 Å². The van der Waals surface area contributed by atoms with Crippen LogP contribution in [0.2, 0.25) is 18.1 Å². The summed E-state index contributed by atoms with van der Waals surface area (Å²) in [5.41, 5.74) is 5.75. The number of ether oxygens (including phenoxy) is 3. The summed E-state index contributed by atoms with van der Waals surface area (Å²) in [6.07, 6.45) is -0.642. The van der Waals surface area contributed by atoms with Gasteiger partial charge in [0.15, 0.2) is 14.1 Å². The Morgan fingerprint density at radius 2 is 1.69 bits per heavy atom. The molecule has 0 spiro atoms. The molecule has 0 unspecified atom stereocenters. The topological polar surface area (TPSA) is 80.0 Å². The molecule has 0 aromatic heterocycles. The second-order valence-corrected chi connectivity index (χ2v) is 15.0. The van der Waals surface area contributed by atoms with Crippen LogP contribution >= 0.6 is 0 Å². The predicted molar refractivity (Wildman–Crippen MR) is 105 cm³/mol. The van der Waals surface area contributed by atoms with Crippen molar-refractivity contribution in [3.8, 4) is 0 Å². The zero-order chi connectivity index (χ0) is 20.6. The molecule has 1 saturated heterocycles. The monoisotopic (exact) mass is 389 g/mol. The van der Waals surface area contributed by atoms with Crippen molar-refractivity contribution < 1.29 is 23.4 Å². The van der Waals surface area contributed by atoms with E-state index in [0.717, 1.165) is 0 Å². The largest absolute Gasteiger partial charge is 0.460 e. The molecule has 0 saturated carbocycles. The third-order valence-electron chi connectivity index (χ3n) is 4.88. The van der Waals surface area contributed by atoms with Gasteiger partial charge in [-0.05, 0) is 52.8 Å². The maximum atomic E-state index is 12.1. The van der Waals surface area contributed by atoms with E-state index < -0.39 is 31.9 Å². The van der Waals surface area contributed by atoms with Gasteiger partial charge >= 0.3 is 5.97 Å². The molecule has 3 atom stereocenters. The minimum atomic E-state index is -1.91. The second-order valence-electron chi connectivity index (χ2n) is 10.2. The molecule has 1 aliphatic rings. The lowest BCUT2D eigenvalue weighted by atomic mass is 10.0. The van der Waals surface area contributed by atoms with Crippen LogP contribution in [0.5, 0.6) is 0 Å². The Hall–Kier alpha value is -0.473. The zero-order valence-corrected chi connectivity index (χ0v) is 19.3.